The Morgan fingerprint density at radius 3 is 2.65 bits per heavy atom. The summed E-state index contributed by atoms with van der Waals surface area (Å²) in [5.41, 5.74) is 2.30. The van der Waals surface area contributed by atoms with Gasteiger partial charge in [0.2, 0.25) is 0 Å². The molecule has 0 bridgehead atoms. The molecule has 1 aliphatic heterocycles. The number of aryl methyl sites for hydroxylation is 1. The molecule has 0 saturated heterocycles. The van der Waals surface area contributed by atoms with E-state index in [4.69, 9.17) is 4.74 Å². The van der Waals surface area contributed by atoms with Gasteiger partial charge in [0.25, 0.3) is 0 Å². The molecule has 4 heteroatoms. The number of hydrogen-bond donors (Lipinski definition) is 1. The molecule has 0 aliphatic carbocycles. The molecule has 20 heavy (non-hydrogen) atoms. The molecule has 0 fully saturated rings. The number of aliphatic hydroxyl groups is 1. The third-order valence-electron chi connectivity index (χ3n) is 3.55. The van der Waals surface area contributed by atoms with Crippen LogP contribution >= 0.6 is 0 Å². The van der Waals surface area contributed by atoms with Gasteiger partial charge >= 0.3 is 0 Å². The SMILES string of the molecule is Cc1ccc2c(c1)[C@H](O)CC(c1ccc(F)c(F)c1)O2. The maximum atomic E-state index is 13.3. The first-order valence-electron chi connectivity index (χ1n) is 6.45. The monoisotopic (exact) mass is 276 g/mol. The van der Waals surface area contributed by atoms with Gasteiger partial charge in [-0.15, -0.1) is 0 Å². The van der Waals surface area contributed by atoms with Crippen LogP contribution in [0, 0.1) is 18.6 Å². The van der Waals surface area contributed by atoms with Gasteiger partial charge in [0.05, 0.1) is 6.10 Å². The Hall–Kier alpha value is -1.94. The minimum atomic E-state index is -0.907. The van der Waals surface area contributed by atoms with Crippen LogP contribution in [-0.2, 0) is 0 Å². The molecule has 1 unspecified atom stereocenters. The van der Waals surface area contributed by atoms with Gasteiger partial charge in [0, 0.05) is 12.0 Å². The molecule has 2 nitrogen and oxygen atoms in total. The Morgan fingerprint density at radius 2 is 1.90 bits per heavy atom. The molecule has 2 aromatic carbocycles. The Bertz CT molecular complexity index is 655. The van der Waals surface area contributed by atoms with Gasteiger partial charge in [-0.1, -0.05) is 17.7 Å². The standard InChI is InChI=1S/C16H14F2O2/c1-9-2-5-15-11(6-9)14(19)8-16(20-15)10-3-4-12(17)13(18)7-10/h2-7,14,16,19H,8H2,1H3/t14-,16?/m1/s1. The fraction of sp³-hybridized carbons (Fsp3) is 0.250. The third-order valence-corrected chi connectivity index (χ3v) is 3.55. The number of fused-ring (bicyclic) bond motifs is 1. The summed E-state index contributed by atoms with van der Waals surface area (Å²) in [5.74, 6) is -1.21. The molecule has 0 aromatic heterocycles. The topological polar surface area (TPSA) is 29.5 Å². The second-order valence-electron chi connectivity index (χ2n) is 5.07. The number of rotatable bonds is 1. The minimum Gasteiger partial charge on any atom is -0.485 e. The fourth-order valence-corrected chi connectivity index (χ4v) is 2.48. The van der Waals surface area contributed by atoms with Crippen molar-refractivity contribution >= 4 is 0 Å². The molecule has 0 radical (unpaired) electrons. The molecule has 2 aromatic rings. The molecular formula is C16H14F2O2. The van der Waals surface area contributed by atoms with Gasteiger partial charge in [0.15, 0.2) is 11.6 Å². The number of aliphatic hydroxyl groups excluding tert-OH is 1. The van der Waals surface area contributed by atoms with Crippen molar-refractivity contribution in [2.45, 2.75) is 25.6 Å². The highest BCUT2D eigenvalue weighted by Crippen LogP contribution is 2.41. The van der Waals surface area contributed by atoms with Crippen LogP contribution in [0.5, 0.6) is 5.75 Å². The van der Waals surface area contributed by atoms with E-state index in [0.717, 1.165) is 23.3 Å². The Morgan fingerprint density at radius 1 is 1.10 bits per heavy atom. The van der Waals surface area contributed by atoms with Crippen LogP contribution in [0.3, 0.4) is 0 Å². The predicted octanol–water partition coefficient (Wildman–Crippen LogP) is 3.83. The van der Waals surface area contributed by atoms with Crippen molar-refractivity contribution in [3.8, 4) is 5.75 Å². The van der Waals surface area contributed by atoms with E-state index in [9.17, 15) is 13.9 Å². The summed E-state index contributed by atoms with van der Waals surface area (Å²) >= 11 is 0. The van der Waals surface area contributed by atoms with Crippen molar-refractivity contribution in [2.24, 2.45) is 0 Å². The molecule has 1 aliphatic rings. The van der Waals surface area contributed by atoms with E-state index in [2.05, 4.69) is 0 Å². The van der Waals surface area contributed by atoms with E-state index < -0.39 is 23.8 Å². The third kappa shape index (κ3) is 2.27. The highest BCUT2D eigenvalue weighted by Gasteiger charge is 2.28. The van der Waals surface area contributed by atoms with E-state index in [0.29, 0.717) is 17.7 Å². The zero-order valence-electron chi connectivity index (χ0n) is 10.9. The highest BCUT2D eigenvalue weighted by molar-refractivity contribution is 5.41. The first-order valence-corrected chi connectivity index (χ1v) is 6.45. The summed E-state index contributed by atoms with van der Waals surface area (Å²) in [6.45, 7) is 1.94. The summed E-state index contributed by atoms with van der Waals surface area (Å²) in [4.78, 5) is 0. The zero-order valence-corrected chi connectivity index (χ0v) is 10.9. The Kier molecular flexibility index (Phi) is 3.18. The van der Waals surface area contributed by atoms with E-state index in [1.807, 2.05) is 19.1 Å². The number of ether oxygens (including phenoxy) is 1. The maximum absolute atomic E-state index is 13.3. The number of hydrogen-bond acceptors (Lipinski definition) is 2. The molecule has 1 heterocycles. The maximum Gasteiger partial charge on any atom is 0.159 e. The summed E-state index contributed by atoms with van der Waals surface area (Å²) in [5, 5.41) is 10.2. The highest BCUT2D eigenvalue weighted by atomic mass is 19.2. The minimum absolute atomic E-state index is 0.321. The van der Waals surface area contributed by atoms with Gasteiger partial charge in [-0.25, -0.2) is 8.78 Å². The van der Waals surface area contributed by atoms with Crippen LogP contribution in [0.4, 0.5) is 8.78 Å². The lowest BCUT2D eigenvalue weighted by Crippen LogP contribution is -2.19. The largest absolute Gasteiger partial charge is 0.485 e. The fourth-order valence-electron chi connectivity index (χ4n) is 2.48. The van der Waals surface area contributed by atoms with Crippen molar-refractivity contribution in [1.29, 1.82) is 0 Å². The molecule has 104 valence electrons. The number of benzene rings is 2. The van der Waals surface area contributed by atoms with Gasteiger partial charge in [0.1, 0.15) is 11.9 Å². The molecule has 0 saturated carbocycles. The predicted molar refractivity (Wildman–Crippen MR) is 70.5 cm³/mol. The normalized spacial score (nSPS) is 21.2. The van der Waals surface area contributed by atoms with Crippen LogP contribution in [0.2, 0.25) is 0 Å². The smallest absolute Gasteiger partial charge is 0.159 e. The Balaban J connectivity index is 1.94. The summed E-state index contributed by atoms with van der Waals surface area (Å²) in [7, 11) is 0. The summed E-state index contributed by atoms with van der Waals surface area (Å²) in [6, 6.07) is 9.23. The van der Waals surface area contributed by atoms with Crippen LogP contribution in [-0.4, -0.2) is 5.11 Å². The molecule has 0 spiro atoms. The quantitative estimate of drug-likeness (QED) is 0.857. The van der Waals surface area contributed by atoms with Crippen molar-refractivity contribution < 1.29 is 18.6 Å². The van der Waals surface area contributed by atoms with Crippen molar-refractivity contribution in [1.82, 2.24) is 0 Å². The molecule has 0 amide bonds. The zero-order chi connectivity index (χ0) is 14.3. The van der Waals surface area contributed by atoms with E-state index in [1.165, 1.54) is 6.07 Å². The average molecular weight is 276 g/mol. The average Bonchev–Trinajstić information content (AvgIpc) is 2.42. The van der Waals surface area contributed by atoms with Crippen LogP contribution in [0.25, 0.3) is 0 Å². The lowest BCUT2D eigenvalue weighted by molar-refractivity contribution is 0.0655. The van der Waals surface area contributed by atoms with Gasteiger partial charge < -0.3 is 9.84 Å². The lowest BCUT2D eigenvalue weighted by atomic mass is 9.94. The summed E-state index contributed by atoms with van der Waals surface area (Å²) in [6.07, 6.45) is -0.825. The molecular weight excluding hydrogens is 262 g/mol. The molecule has 3 rings (SSSR count). The van der Waals surface area contributed by atoms with E-state index >= 15 is 0 Å². The van der Waals surface area contributed by atoms with Crippen molar-refractivity contribution in [3.63, 3.8) is 0 Å². The van der Waals surface area contributed by atoms with Crippen molar-refractivity contribution in [2.75, 3.05) is 0 Å². The van der Waals surface area contributed by atoms with Gasteiger partial charge in [-0.2, -0.15) is 0 Å². The lowest BCUT2D eigenvalue weighted by Gasteiger charge is -2.30. The first kappa shape index (κ1) is 13.1. The molecule has 1 N–H and O–H groups in total. The first-order chi connectivity index (χ1) is 9.54. The van der Waals surface area contributed by atoms with Gasteiger partial charge in [-0.3, -0.25) is 0 Å². The Labute approximate surface area is 115 Å². The van der Waals surface area contributed by atoms with E-state index in [-0.39, 0.29) is 0 Å². The van der Waals surface area contributed by atoms with Crippen LogP contribution in [0.1, 0.15) is 35.3 Å². The number of halogens is 2. The summed E-state index contributed by atoms with van der Waals surface area (Å²) < 4.78 is 32.0. The molecule has 2 atom stereocenters. The van der Waals surface area contributed by atoms with Crippen molar-refractivity contribution in [3.05, 3.63) is 64.7 Å². The van der Waals surface area contributed by atoms with Crippen LogP contribution in [0.15, 0.2) is 36.4 Å². The second kappa shape index (κ2) is 4.87. The van der Waals surface area contributed by atoms with Crippen LogP contribution < -0.4 is 4.74 Å². The van der Waals surface area contributed by atoms with Gasteiger partial charge in [-0.05, 0) is 36.8 Å². The second-order valence-corrected chi connectivity index (χ2v) is 5.07. The van der Waals surface area contributed by atoms with E-state index in [1.54, 1.807) is 6.07 Å².